The van der Waals surface area contributed by atoms with E-state index in [1.54, 1.807) is 6.07 Å². The maximum atomic E-state index is 12.2. The molecule has 0 radical (unpaired) electrons. The zero-order valence-electron chi connectivity index (χ0n) is 15.4. The molecule has 1 amide bonds. The molecule has 0 aliphatic carbocycles. The predicted octanol–water partition coefficient (Wildman–Crippen LogP) is 3.44. The quantitative estimate of drug-likeness (QED) is 0.436. The number of nitrogens with one attached hydrogen (secondary N) is 1. The smallest absolute Gasteiger partial charge is 0.311 e. The van der Waals surface area contributed by atoms with Crippen molar-refractivity contribution in [3.05, 3.63) is 69.3 Å². The molecule has 0 spiro atoms. The van der Waals surface area contributed by atoms with Crippen LogP contribution in [0.2, 0.25) is 0 Å². The van der Waals surface area contributed by atoms with Crippen LogP contribution in [-0.2, 0) is 33.6 Å². The van der Waals surface area contributed by atoms with Crippen molar-refractivity contribution in [1.82, 2.24) is 0 Å². The summed E-state index contributed by atoms with van der Waals surface area (Å²) in [5.41, 5.74) is 2.87. The van der Waals surface area contributed by atoms with Gasteiger partial charge in [0.05, 0.1) is 11.3 Å². The summed E-state index contributed by atoms with van der Waals surface area (Å²) in [6, 6.07) is 11.8. The van der Waals surface area contributed by atoms with E-state index in [2.05, 4.69) is 5.32 Å². The SMILES string of the molecule is CCc1cccc(CC)c1NC(=O)COC(=O)Cc1ccccc1[N+](=O)[O-]. The molecule has 2 aromatic rings. The number of nitro groups is 1. The summed E-state index contributed by atoms with van der Waals surface area (Å²) in [7, 11) is 0. The van der Waals surface area contributed by atoms with Crippen molar-refractivity contribution < 1.29 is 19.2 Å². The van der Waals surface area contributed by atoms with Crippen LogP contribution in [0.15, 0.2) is 42.5 Å². The second-order valence-corrected chi connectivity index (χ2v) is 5.93. The molecule has 142 valence electrons. The van der Waals surface area contributed by atoms with Crippen LogP contribution >= 0.6 is 0 Å². The lowest BCUT2D eigenvalue weighted by molar-refractivity contribution is -0.385. The summed E-state index contributed by atoms with van der Waals surface area (Å²) in [5, 5.41) is 13.8. The van der Waals surface area contributed by atoms with Crippen molar-refractivity contribution >= 4 is 23.3 Å². The normalized spacial score (nSPS) is 10.3. The molecule has 0 aliphatic heterocycles. The van der Waals surface area contributed by atoms with Crippen LogP contribution in [0.25, 0.3) is 0 Å². The van der Waals surface area contributed by atoms with Crippen molar-refractivity contribution in [2.24, 2.45) is 0 Å². The molecule has 0 fully saturated rings. The predicted molar refractivity (Wildman–Crippen MR) is 102 cm³/mol. The fraction of sp³-hybridized carbons (Fsp3) is 0.300. The number of carbonyl (C=O) groups excluding carboxylic acids is 2. The van der Waals surface area contributed by atoms with Crippen LogP contribution in [-0.4, -0.2) is 23.4 Å². The Balaban J connectivity index is 1.97. The van der Waals surface area contributed by atoms with Crippen LogP contribution in [0.5, 0.6) is 0 Å². The standard InChI is InChI=1S/C20H22N2O5/c1-3-14-9-7-10-15(4-2)20(14)21-18(23)13-27-19(24)12-16-8-5-6-11-17(16)22(25)26/h5-11H,3-4,12-13H2,1-2H3,(H,21,23). The average Bonchev–Trinajstić information content (AvgIpc) is 2.66. The van der Waals surface area contributed by atoms with E-state index in [4.69, 9.17) is 4.74 Å². The third-order valence-corrected chi connectivity index (χ3v) is 4.15. The number of carbonyl (C=O) groups is 2. The second kappa shape index (κ2) is 9.47. The Hall–Kier alpha value is -3.22. The van der Waals surface area contributed by atoms with Gasteiger partial charge in [-0.3, -0.25) is 19.7 Å². The van der Waals surface area contributed by atoms with Crippen LogP contribution in [0.1, 0.15) is 30.5 Å². The first-order chi connectivity index (χ1) is 13.0. The molecule has 0 bridgehead atoms. The fourth-order valence-corrected chi connectivity index (χ4v) is 2.77. The van der Waals surface area contributed by atoms with Gasteiger partial charge in [-0.15, -0.1) is 0 Å². The van der Waals surface area contributed by atoms with Crippen LogP contribution in [0.3, 0.4) is 0 Å². The molecule has 1 N–H and O–H groups in total. The number of anilines is 1. The number of nitrogens with zero attached hydrogens (tertiary/aromatic N) is 1. The van der Waals surface area contributed by atoms with Crippen molar-refractivity contribution in [3.63, 3.8) is 0 Å². The second-order valence-electron chi connectivity index (χ2n) is 5.93. The number of rotatable bonds is 8. The first-order valence-electron chi connectivity index (χ1n) is 8.74. The van der Waals surface area contributed by atoms with Crippen molar-refractivity contribution in [1.29, 1.82) is 0 Å². The molecular weight excluding hydrogens is 348 g/mol. The molecule has 0 saturated carbocycles. The lowest BCUT2D eigenvalue weighted by Crippen LogP contribution is -2.23. The van der Waals surface area contributed by atoms with E-state index in [0.717, 1.165) is 29.7 Å². The molecule has 0 atom stereocenters. The maximum absolute atomic E-state index is 12.2. The first-order valence-corrected chi connectivity index (χ1v) is 8.74. The number of hydrogen-bond acceptors (Lipinski definition) is 5. The van der Waals surface area contributed by atoms with Gasteiger partial charge in [-0.1, -0.05) is 50.2 Å². The fourth-order valence-electron chi connectivity index (χ4n) is 2.77. The Kier molecular flexibility index (Phi) is 7.05. The molecule has 0 aromatic heterocycles. The van der Waals surface area contributed by atoms with E-state index in [0.29, 0.717) is 0 Å². The highest BCUT2D eigenvalue weighted by molar-refractivity contribution is 5.94. The van der Waals surface area contributed by atoms with Gasteiger partial charge < -0.3 is 10.1 Å². The van der Waals surface area contributed by atoms with Gasteiger partial charge in [0, 0.05) is 17.3 Å². The van der Waals surface area contributed by atoms with Gasteiger partial charge >= 0.3 is 5.97 Å². The Morgan fingerprint density at radius 3 is 2.19 bits per heavy atom. The van der Waals surface area contributed by atoms with E-state index >= 15 is 0 Å². The van der Waals surface area contributed by atoms with Crippen molar-refractivity contribution in [2.45, 2.75) is 33.1 Å². The summed E-state index contributed by atoms with van der Waals surface area (Å²) in [5.74, 6) is -1.14. The van der Waals surface area contributed by atoms with Crippen LogP contribution in [0, 0.1) is 10.1 Å². The van der Waals surface area contributed by atoms with Gasteiger partial charge in [0.15, 0.2) is 6.61 Å². The number of ether oxygens (including phenoxy) is 1. The lowest BCUT2D eigenvalue weighted by atomic mass is 10.0. The molecule has 0 aliphatic rings. The van der Waals surface area contributed by atoms with Gasteiger partial charge in [-0.25, -0.2) is 0 Å². The first kappa shape index (κ1) is 20.1. The molecular formula is C20H22N2O5. The minimum atomic E-state index is -0.695. The van der Waals surface area contributed by atoms with E-state index in [-0.39, 0.29) is 17.7 Å². The zero-order valence-corrected chi connectivity index (χ0v) is 15.4. The maximum Gasteiger partial charge on any atom is 0.311 e. The highest BCUT2D eigenvalue weighted by atomic mass is 16.6. The average molecular weight is 370 g/mol. The summed E-state index contributed by atoms with van der Waals surface area (Å²) in [4.78, 5) is 34.6. The molecule has 0 heterocycles. The van der Waals surface area contributed by atoms with Crippen LogP contribution < -0.4 is 5.32 Å². The number of aryl methyl sites for hydroxylation is 2. The van der Waals surface area contributed by atoms with Gasteiger partial charge in [0.25, 0.3) is 11.6 Å². The van der Waals surface area contributed by atoms with Crippen molar-refractivity contribution in [3.8, 4) is 0 Å². The van der Waals surface area contributed by atoms with E-state index in [1.807, 2.05) is 32.0 Å². The molecule has 7 heteroatoms. The summed E-state index contributed by atoms with van der Waals surface area (Å²) in [6.45, 7) is 3.55. The van der Waals surface area contributed by atoms with E-state index < -0.39 is 23.4 Å². The van der Waals surface area contributed by atoms with Gasteiger partial charge in [0.1, 0.15) is 0 Å². The minimum Gasteiger partial charge on any atom is -0.455 e. The summed E-state index contributed by atoms with van der Waals surface area (Å²) < 4.78 is 4.99. The Morgan fingerprint density at radius 2 is 1.59 bits per heavy atom. The molecule has 2 aromatic carbocycles. The highest BCUT2D eigenvalue weighted by Crippen LogP contribution is 2.22. The minimum absolute atomic E-state index is 0.150. The number of amides is 1. The number of para-hydroxylation sites is 2. The highest BCUT2D eigenvalue weighted by Gasteiger charge is 2.17. The lowest BCUT2D eigenvalue weighted by Gasteiger charge is -2.14. The number of nitro benzene ring substituents is 1. The Labute approximate surface area is 157 Å². The van der Waals surface area contributed by atoms with Crippen molar-refractivity contribution in [2.75, 3.05) is 11.9 Å². The third kappa shape index (κ3) is 5.37. The molecule has 0 saturated heterocycles. The molecule has 27 heavy (non-hydrogen) atoms. The summed E-state index contributed by atoms with van der Waals surface area (Å²) >= 11 is 0. The topological polar surface area (TPSA) is 98.5 Å². The van der Waals surface area contributed by atoms with Crippen LogP contribution in [0.4, 0.5) is 11.4 Å². The van der Waals surface area contributed by atoms with Gasteiger partial charge in [-0.05, 0) is 24.0 Å². The largest absolute Gasteiger partial charge is 0.455 e. The van der Waals surface area contributed by atoms with E-state index in [9.17, 15) is 19.7 Å². The number of benzene rings is 2. The third-order valence-electron chi connectivity index (χ3n) is 4.15. The van der Waals surface area contributed by atoms with Gasteiger partial charge in [0.2, 0.25) is 0 Å². The summed E-state index contributed by atoms with van der Waals surface area (Å²) in [6.07, 6.45) is 1.26. The van der Waals surface area contributed by atoms with E-state index in [1.165, 1.54) is 18.2 Å². The monoisotopic (exact) mass is 370 g/mol. The Bertz CT molecular complexity index is 826. The van der Waals surface area contributed by atoms with Gasteiger partial charge in [-0.2, -0.15) is 0 Å². The molecule has 0 unspecified atom stereocenters. The zero-order chi connectivity index (χ0) is 19.8. The molecule has 2 rings (SSSR count). The number of hydrogen-bond donors (Lipinski definition) is 1. The Morgan fingerprint density at radius 1 is 1.00 bits per heavy atom. The number of esters is 1. The molecule has 7 nitrogen and oxygen atoms in total.